The number of rotatable bonds is 4. The number of carbonyl (C=O) groups excluding carboxylic acids is 1. The molecule has 0 spiro atoms. The molecule has 7 heteroatoms. The number of benzene rings is 2. The van der Waals surface area contributed by atoms with Gasteiger partial charge in [-0.25, -0.2) is 0 Å². The van der Waals surface area contributed by atoms with Gasteiger partial charge < -0.3 is 19.1 Å². The Morgan fingerprint density at radius 3 is 2.41 bits per heavy atom. The fraction of sp³-hybridized carbons (Fsp3) is 0.280. The molecule has 0 unspecified atom stereocenters. The molecule has 0 N–H and O–H groups in total. The number of thiophene rings is 1. The predicted octanol–water partition coefficient (Wildman–Crippen LogP) is 3.72. The number of pyridine rings is 1. The van der Waals surface area contributed by atoms with E-state index in [4.69, 9.17) is 4.74 Å². The topological polar surface area (TPSA) is 54.8 Å². The number of hydrogen-bond donors (Lipinski definition) is 0. The van der Waals surface area contributed by atoms with Gasteiger partial charge in [-0.1, -0.05) is 48.5 Å². The molecule has 6 nitrogen and oxygen atoms in total. The summed E-state index contributed by atoms with van der Waals surface area (Å²) in [6.45, 7) is 3.30. The molecule has 5 rings (SSSR count). The number of nitrogens with zero attached hydrogens (tertiary/aromatic N) is 3. The molecule has 1 aliphatic heterocycles. The van der Waals surface area contributed by atoms with E-state index in [1.54, 1.807) is 11.6 Å². The molecular formula is C25H25N3O3S. The fourth-order valence-electron chi connectivity index (χ4n) is 4.20. The minimum Gasteiger partial charge on any atom is -0.486 e. The zero-order valence-electron chi connectivity index (χ0n) is 18.2. The molecule has 0 aliphatic carbocycles. The summed E-state index contributed by atoms with van der Waals surface area (Å²) in [5.41, 5.74) is 1.69. The molecule has 0 radical (unpaired) electrons. The van der Waals surface area contributed by atoms with Gasteiger partial charge in [0.25, 0.3) is 11.5 Å². The van der Waals surface area contributed by atoms with Gasteiger partial charge in [-0.15, -0.1) is 11.3 Å². The van der Waals surface area contributed by atoms with Crippen LogP contribution < -0.4 is 10.3 Å². The second-order valence-corrected chi connectivity index (χ2v) is 9.24. The van der Waals surface area contributed by atoms with Crippen molar-refractivity contribution in [2.24, 2.45) is 7.05 Å². The first kappa shape index (κ1) is 20.7. The molecule has 1 aliphatic rings. The summed E-state index contributed by atoms with van der Waals surface area (Å²) in [5, 5.41) is 1.45. The molecule has 3 heterocycles. The first-order valence-corrected chi connectivity index (χ1v) is 11.5. The van der Waals surface area contributed by atoms with E-state index in [2.05, 4.69) is 11.9 Å². The summed E-state index contributed by atoms with van der Waals surface area (Å²) in [5.74, 6) is 0.345. The van der Waals surface area contributed by atoms with Gasteiger partial charge >= 0.3 is 0 Å². The number of aromatic nitrogens is 1. The Labute approximate surface area is 190 Å². The maximum Gasteiger partial charge on any atom is 0.267 e. The van der Waals surface area contributed by atoms with Gasteiger partial charge in [0.1, 0.15) is 16.9 Å². The zero-order chi connectivity index (χ0) is 22.2. The molecule has 2 aromatic heterocycles. The van der Waals surface area contributed by atoms with Crippen LogP contribution in [0.3, 0.4) is 0 Å². The molecule has 164 valence electrons. The third kappa shape index (κ3) is 3.57. The Balaban J connectivity index is 1.67. The van der Waals surface area contributed by atoms with E-state index >= 15 is 0 Å². The largest absolute Gasteiger partial charge is 0.486 e. The number of para-hydroxylation sites is 1. The second-order valence-electron chi connectivity index (χ2n) is 8.22. The quantitative estimate of drug-likeness (QED) is 0.479. The van der Waals surface area contributed by atoms with Crippen LogP contribution in [0.15, 0.2) is 59.4 Å². The number of hydrogen-bond acceptors (Lipinski definition) is 5. The van der Waals surface area contributed by atoms with Crippen molar-refractivity contribution in [3.8, 4) is 5.75 Å². The Morgan fingerprint density at radius 1 is 0.969 bits per heavy atom. The van der Waals surface area contributed by atoms with Gasteiger partial charge in [0.2, 0.25) is 0 Å². The average Bonchev–Trinajstić information content (AvgIpc) is 3.22. The van der Waals surface area contributed by atoms with Crippen LogP contribution in [-0.2, 0) is 13.7 Å². The SMILES string of the molecule is CN1CCN(C(=O)c2sc3c(c2OCc2ccccc2)c(=O)n(C)c2ccccc32)CC1. The Hall–Kier alpha value is -3.16. The summed E-state index contributed by atoms with van der Waals surface area (Å²) in [6, 6.07) is 17.6. The molecular weight excluding hydrogens is 422 g/mol. The minimum atomic E-state index is -0.143. The number of amides is 1. The molecule has 1 saturated heterocycles. The molecule has 0 atom stereocenters. The summed E-state index contributed by atoms with van der Waals surface area (Å²) in [7, 11) is 3.83. The molecule has 0 bridgehead atoms. The van der Waals surface area contributed by atoms with Gasteiger partial charge in [0.15, 0.2) is 5.75 Å². The van der Waals surface area contributed by atoms with E-state index in [1.165, 1.54) is 11.3 Å². The van der Waals surface area contributed by atoms with Crippen LogP contribution in [0.2, 0.25) is 0 Å². The number of aryl methyl sites for hydroxylation is 1. The van der Waals surface area contributed by atoms with Gasteiger partial charge in [0, 0.05) is 38.6 Å². The highest BCUT2D eigenvalue weighted by molar-refractivity contribution is 7.22. The van der Waals surface area contributed by atoms with Crippen LogP contribution in [0.4, 0.5) is 0 Å². The Bertz CT molecular complexity index is 1350. The summed E-state index contributed by atoms with van der Waals surface area (Å²) >= 11 is 1.37. The van der Waals surface area contributed by atoms with Crippen molar-refractivity contribution < 1.29 is 9.53 Å². The highest BCUT2D eigenvalue weighted by atomic mass is 32.1. The highest BCUT2D eigenvalue weighted by Crippen LogP contribution is 2.40. The normalized spacial score (nSPS) is 14.9. The van der Waals surface area contributed by atoms with Crippen molar-refractivity contribution in [3.63, 3.8) is 0 Å². The molecule has 32 heavy (non-hydrogen) atoms. The fourth-order valence-corrected chi connectivity index (χ4v) is 5.44. The monoisotopic (exact) mass is 447 g/mol. The zero-order valence-corrected chi connectivity index (χ0v) is 19.0. The van der Waals surface area contributed by atoms with Crippen LogP contribution >= 0.6 is 11.3 Å². The number of likely N-dealkylation sites (N-methyl/N-ethyl adjacent to an activating group) is 1. The summed E-state index contributed by atoms with van der Waals surface area (Å²) in [6.07, 6.45) is 0. The smallest absolute Gasteiger partial charge is 0.267 e. The van der Waals surface area contributed by atoms with Crippen molar-refractivity contribution in [1.29, 1.82) is 0 Å². The minimum absolute atomic E-state index is 0.0616. The number of carbonyl (C=O) groups is 1. The third-order valence-electron chi connectivity index (χ3n) is 6.10. The van der Waals surface area contributed by atoms with E-state index in [1.807, 2.05) is 59.5 Å². The van der Waals surface area contributed by atoms with Gasteiger partial charge in [-0.05, 0) is 18.7 Å². The maximum absolute atomic E-state index is 13.6. The van der Waals surface area contributed by atoms with Crippen molar-refractivity contribution in [2.45, 2.75) is 6.61 Å². The highest BCUT2D eigenvalue weighted by Gasteiger charge is 2.29. The van der Waals surface area contributed by atoms with E-state index in [-0.39, 0.29) is 11.5 Å². The van der Waals surface area contributed by atoms with Crippen LogP contribution in [0.25, 0.3) is 21.0 Å². The lowest BCUT2D eigenvalue weighted by Gasteiger charge is -2.32. The average molecular weight is 448 g/mol. The van der Waals surface area contributed by atoms with E-state index in [0.717, 1.165) is 34.3 Å². The Morgan fingerprint density at radius 2 is 1.66 bits per heavy atom. The first-order valence-electron chi connectivity index (χ1n) is 10.7. The summed E-state index contributed by atoms with van der Waals surface area (Å²) < 4.78 is 8.69. The number of ether oxygens (including phenoxy) is 1. The van der Waals surface area contributed by atoms with Crippen molar-refractivity contribution in [2.75, 3.05) is 33.2 Å². The summed E-state index contributed by atoms with van der Waals surface area (Å²) in [4.78, 5) is 31.5. The van der Waals surface area contributed by atoms with Crippen molar-refractivity contribution in [3.05, 3.63) is 75.4 Å². The van der Waals surface area contributed by atoms with Crippen molar-refractivity contribution >= 4 is 38.2 Å². The van der Waals surface area contributed by atoms with Crippen LogP contribution in [-0.4, -0.2) is 53.5 Å². The van der Waals surface area contributed by atoms with E-state index in [0.29, 0.717) is 35.7 Å². The van der Waals surface area contributed by atoms with E-state index in [9.17, 15) is 9.59 Å². The molecule has 4 aromatic rings. The van der Waals surface area contributed by atoms with Gasteiger partial charge in [-0.3, -0.25) is 9.59 Å². The lowest BCUT2D eigenvalue weighted by Crippen LogP contribution is -2.47. The standard InChI is InChI=1S/C25H25N3O3S/c1-26-12-14-28(15-13-26)25(30)23-21(31-16-17-8-4-3-5-9-17)20-22(32-23)18-10-6-7-11-19(18)27(2)24(20)29/h3-11H,12-16H2,1-2H3. The van der Waals surface area contributed by atoms with Gasteiger partial charge in [0.05, 0.1) is 10.2 Å². The lowest BCUT2D eigenvalue weighted by molar-refractivity contribution is 0.0665. The number of fused-ring (bicyclic) bond motifs is 3. The first-order chi connectivity index (χ1) is 15.5. The second kappa shape index (κ2) is 8.41. The van der Waals surface area contributed by atoms with Gasteiger partial charge in [-0.2, -0.15) is 0 Å². The van der Waals surface area contributed by atoms with Crippen LogP contribution in [0.1, 0.15) is 15.2 Å². The molecule has 2 aromatic carbocycles. The number of piperazine rings is 1. The molecule has 0 saturated carbocycles. The van der Waals surface area contributed by atoms with E-state index < -0.39 is 0 Å². The van der Waals surface area contributed by atoms with Crippen LogP contribution in [0.5, 0.6) is 5.75 Å². The maximum atomic E-state index is 13.6. The lowest BCUT2D eigenvalue weighted by atomic mass is 10.1. The molecule has 1 fully saturated rings. The third-order valence-corrected chi connectivity index (χ3v) is 7.30. The molecule has 1 amide bonds. The Kier molecular flexibility index (Phi) is 5.45. The van der Waals surface area contributed by atoms with Crippen molar-refractivity contribution in [1.82, 2.24) is 14.4 Å². The predicted molar refractivity (Wildman–Crippen MR) is 129 cm³/mol. The van der Waals surface area contributed by atoms with Crippen LogP contribution in [0, 0.1) is 0 Å².